The molecule has 30 heavy (non-hydrogen) atoms. The molecule has 10 heteroatoms. The van der Waals surface area contributed by atoms with Crippen LogP contribution in [-0.2, 0) is 10.0 Å². The van der Waals surface area contributed by atoms with Crippen molar-refractivity contribution in [2.75, 3.05) is 10.6 Å². The van der Waals surface area contributed by atoms with E-state index in [9.17, 15) is 13.2 Å². The Morgan fingerprint density at radius 1 is 0.867 bits per heavy atom. The maximum Gasteiger partial charge on any atom is 0.264 e. The Balaban J connectivity index is 1.65. The van der Waals surface area contributed by atoms with Crippen LogP contribution >= 0.6 is 35.4 Å². The minimum atomic E-state index is -4.02. The van der Waals surface area contributed by atoms with Crippen molar-refractivity contribution in [3.63, 3.8) is 0 Å². The lowest BCUT2D eigenvalue weighted by Crippen LogP contribution is -2.30. The van der Waals surface area contributed by atoms with Gasteiger partial charge in [-0.3, -0.25) is 4.79 Å². The van der Waals surface area contributed by atoms with E-state index in [0.29, 0.717) is 21.4 Å². The molecule has 3 N–H and O–H groups in total. The van der Waals surface area contributed by atoms with Crippen molar-refractivity contribution in [3.8, 4) is 0 Å². The smallest absolute Gasteiger partial charge is 0.264 e. The molecule has 0 fully saturated rings. The van der Waals surface area contributed by atoms with Crippen LogP contribution in [0.1, 0.15) is 10.4 Å². The van der Waals surface area contributed by atoms with Gasteiger partial charge >= 0.3 is 0 Å². The van der Waals surface area contributed by atoms with Crippen molar-refractivity contribution < 1.29 is 13.2 Å². The predicted molar refractivity (Wildman–Crippen MR) is 124 cm³/mol. The zero-order chi connectivity index (χ0) is 21.7. The van der Waals surface area contributed by atoms with Crippen molar-refractivity contribution >= 4 is 67.8 Å². The molecule has 0 radical (unpaired) electrons. The fraction of sp³-hybridized carbons (Fsp3) is 0. The van der Waals surface area contributed by atoms with E-state index in [2.05, 4.69) is 10.6 Å². The van der Waals surface area contributed by atoms with Gasteiger partial charge in [0.15, 0.2) is 5.11 Å². The minimum Gasteiger partial charge on any atom is -0.332 e. The summed E-state index contributed by atoms with van der Waals surface area (Å²) in [6.07, 6.45) is 0. The average molecular weight is 480 g/mol. The minimum absolute atomic E-state index is 0.0584. The molecule has 3 aromatic rings. The summed E-state index contributed by atoms with van der Waals surface area (Å²) in [6.45, 7) is 0. The summed E-state index contributed by atoms with van der Waals surface area (Å²) in [4.78, 5) is 12.1. The number of hydrogen-bond acceptors (Lipinski definition) is 4. The van der Waals surface area contributed by atoms with Crippen molar-refractivity contribution in [3.05, 3.63) is 88.4 Å². The first-order valence-corrected chi connectivity index (χ1v) is 11.1. The van der Waals surface area contributed by atoms with Gasteiger partial charge in [-0.2, -0.15) is 0 Å². The van der Waals surface area contributed by atoms with Gasteiger partial charge in [0.25, 0.3) is 15.9 Å². The van der Waals surface area contributed by atoms with Crippen LogP contribution in [-0.4, -0.2) is 19.4 Å². The van der Waals surface area contributed by atoms with Crippen molar-refractivity contribution in [1.82, 2.24) is 4.72 Å². The molecule has 0 bridgehead atoms. The second-order valence-electron chi connectivity index (χ2n) is 6.03. The number of rotatable bonds is 5. The third-order valence-electron chi connectivity index (χ3n) is 3.86. The van der Waals surface area contributed by atoms with E-state index in [1.165, 1.54) is 36.4 Å². The number of benzene rings is 3. The van der Waals surface area contributed by atoms with Crippen LogP contribution in [0.5, 0.6) is 0 Å². The zero-order valence-corrected chi connectivity index (χ0v) is 18.4. The Labute approximate surface area is 189 Å². The molecular weight excluding hydrogens is 465 g/mol. The fourth-order valence-corrected chi connectivity index (χ4v) is 4.08. The summed E-state index contributed by atoms with van der Waals surface area (Å²) in [5.74, 6) is -0.706. The van der Waals surface area contributed by atoms with E-state index >= 15 is 0 Å². The monoisotopic (exact) mass is 479 g/mol. The quantitative estimate of drug-likeness (QED) is 0.450. The SMILES string of the molecule is O=C(NS(=O)(=O)c1ccc(NC(=S)Nc2ccc(Cl)cc2Cl)cc1)c1ccccc1. The molecule has 0 aromatic heterocycles. The summed E-state index contributed by atoms with van der Waals surface area (Å²) >= 11 is 17.2. The third kappa shape index (κ3) is 5.70. The van der Waals surface area contributed by atoms with Crippen LogP contribution in [0.15, 0.2) is 77.7 Å². The number of amides is 1. The third-order valence-corrected chi connectivity index (χ3v) is 5.96. The lowest BCUT2D eigenvalue weighted by atomic mass is 10.2. The van der Waals surface area contributed by atoms with Crippen LogP contribution in [0.4, 0.5) is 11.4 Å². The second kappa shape index (κ2) is 9.44. The lowest BCUT2D eigenvalue weighted by molar-refractivity contribution is 0.0981. The largest absolute Gasteiger partial charge is 0.332 e. The normalized spacial score (nSPS) is 10.9. The molecule has 0 unspecified atom stereocenters. The van der Waals surface area contributed by atoms with Gasteiger partial charge in [0.2, 0.25) is 0 Å². The van der Waals surface area contributed by atoms with Gasteiger partial charge in [-0.25, -0.2) is 13.1 Å². The average Bonchev–Trinajstić information content (AvgIpc) is 2.71. The maximum atomic E-state index is 12.4. The van der Waals surface area contributed by atoms with Crippen molar-refractivity contribution in [1.29, 1.82) is 0 Å². The molecule has 0 heterocycles. The summed E-state index contributed by atoms with van der Waals surface area (Å²) < 4.78 is 26.9. The van der Waals surface area contributed by atoms with Gasteiger partial charge in [0.05, 0.1) is 15.6 Å². The summed E-state index contributed by atoms with van der Waals surface area (Å²) in [5.41, 5.74) is 1.36. The van der Waals surface area contributed by atoms with Crippen LogP contribution in [0.3, 0.4) is 0 Å². The Bertz CT molecular complexity index is 1190. The molecule has 0 aliphatic carbocycles. The number of halogens is 2. The highest BCUT2D eigenvalue weighted by atomic mass is 35.5. The number of nitrogens with one attached hydrogen (secondary N) is 3. The molecule has 3 rings (SSSR count). The van der Waals surface area contributed by atoms with E-state index in [4.69, 9.17) is 35.4 Å². The first-order valence-electron chi connectivity index (χ1n) is 8.50. The molecular formula is C20H15Cl2N3O3S2. The number of carbonyl (C=O) groups excluding carboxylic acids is 1. The predicted octanol–water partition coefficient (Wildman–Crippen LogP) is 4.92. The molecule has 0 aliphatic rings. The second-order valence-corrected chi connectivity index (χ2v) is 8.96. The molecule has 3 aromatic carbocycles. The topological polar surface area (TPSA) is 87.3 Å². The van der Waals surface area contributed by atoms with Crippen LogP contribution in [0.2, 0.25) is 10.0 Å². The van der Waals surface area contributed by atoms with Gasteiger partial charge in [0, 0.05) is 16.3 Å². The first-order chi connectivity index (χ1) is 14.2. The Morgan fingerprint density at radius 2 is 1.53 bits per heavy atom. The Kier molecular flexibility index (Phi) is 6.94. The van der Waals surface area contributed by atoms with E-state index in [1.807, 2.05) is 4.72 Å². The van der Waals surface area contributed by atoms with Crippen molar-refractivity contribution in [2.45, 2.75) is 4.90 Å². The Hall–Kier alpha value is -2.65. The molecule has 0 saturated heterocycles. The number of hydrogen-bond donors (Lipinski definition) is 3. The Morgan fingerprint density at radius 3 is 2.17 bits per heavy atom. The standard InChI is InChI=1S/C20H15Cl2N3O3S2/c21-14-6-11-18(17(22)12-14)24-20(29)23-15-7-9-16(10-8-15)30(27,28)25-19(26)13-4-2-1-3-5-13/h1-12H,(H,25,26)(H2,23,24,29). The summed E-state index contributed by atoms with van der Waals surface area (Å²) in [6, 6.07) is 18.8. The number of carbonyl (C=O) groups is 1. The lowest BCUT2D eigenvalue weighted by Gasteiger charge is -2.12. The molecule has 6 nitrogen and oxygen atoms in total. The highest BCUT2D eigenvalue weighted by Crippen LogP contribution is 2.25. The molecule has 0 aliphatic heterocycles. The zero-order valence-electron chi connectivity index (χ0n) is 15.2. The number of sulfonamides is 1. The van der Waals surface area contributed by atoms with E-state index < -0.39 is 15.9 Å². The highest BCUT2D eigenvalue weighted by molar-refractivity contribution is 7.90. The number of thiocarbonyl (C=S) groups is 1. The van der Waals surface area contributed by atoms with Crippen LogP contribution in [0.25, 0.3) is 0 Å². The number of anilines is 2. The van der Waals surface area contributed by atoms with Gasteiger partial charge < -0.3 is 10.6 Å². The molecule has 154 valence electrons. The summed E-state index contributed by atoms with van der Waals surface area (Å²) in [5, 5.41) is 7.02. The highest BCUT2D eigenvalue weighted by Gasteiger charge is 2.18. The first kappa shape index (κ1) is 22.0. The van der Waals surface area contributed by atoms with E-state index in [0.717, 1.165) is 0 Å². The maximum absolute atomic E-state index is 12.4. The van der Waals surface area contributed by atoms with Crippen molar-refractivity contribution in [2.24, 2.45) is 0 Å². The van der Waals surface area contributed by atoms with Crippen LogP contribution < -0.4 is 15.4 Å². The van der Waals surface area contributed by atoms with Gasteiger partial charge in [-0.05, 0) is 66.8 Å². The molecule has 0 atom stereocenters. The van der Waals surface area contributed by atoms with E-state index in [1.54, 1.807) is 36.4 Å². The van der Waals surface area contributed by atoms with E-state index in [-0.39, 0.29) is 15.6 Å². The van der Waals surface area contributed by atoms with Gasteiger partial charge in [-0.1, -0.05) is 41.4 Å². The van der Waals surface area contributed by atoms with Crippen LogP contribution in [0, 0.1) is 0 Å². The molecule has 1 amide bonds. The van der Waals surface area contributed by atoms with Gasteiger partial charge in [0.1, 0.15) is 0 Å². The molecule has 0 saturated carbocycles. The van der Waals surface area contributed by atoms with Gasteiger partial charge in [-0.15, -0.1) is 0 Å². The molecule has 0 spiro atoms. The fourth-order valence-electron chi connectivity index (χ4n) is 2.42. The summed E-state index contributed by atoms with van der Waals surface area (Å²) in [7, 11) is -4.02.